The third kappa shape index (κ3) is 9.08. The summed E-state index contributed by atoms with van der Waals surface area (Å²) in [6.07, 6.45) is 1.19. The molecule has 1 aliphatic carbocycles. The van der Waals surface area contributed by atoms with E-state index >= 15 is 0 Å². The number of hydrogen-bond donors (Lipinski definition) is 2. The minimum Gasteiger partial charge on any atom is -0.464 e. The van der Waals surface area contributed by atoms with E-state index in [9.17, 15) is 22.4 Å². The topological polar surface area (TPSA) is 142 Å². The fourth-order valence-electron chi connectivity index (χ4n) is 4.71. The fraction of sp³-hybridized carbons (Fsp3) is 0.484. The van der Waals surface area contributed by atoms with Gasteiger partial charge in [0, 0.05) is 24.5 Å². The largest absolute Gasteiger partial charge is 0.464 e. The molecule has 1 unspecified atom stereocenters. The minimum absolute atomic E-state index is 0.0831. The number of carbonyl (C=O) groups excluding carboxylic acids is 2. The Hall–Kier alpha value is -3.36. The van der Waals surface area contributed by atoms with Crippen molar-refractivity contribution in [2.45, 2.75) is 44.5 Å². The third-order valence-corrected chi connectivity index (χ3v) is 8.36. The number of nitrogens with one attached hydrogen (secondary N) is 2. The van der Waals surface area contributed by atoms with Gasteiger partial charge in [-0.25, -0.2) is 22.3 Å². The molecule has 44 heavy (non-hydrogen) atoms. The Kier molecular flexibility index (Phi) is 11.9. The lowest BCUT2D eigenvalue weighted by molar-refractivity contribution is -0.156. The number of amides is 1. The molecule has 1 saturated carbocycles. The van der Waals surface area contributed by atoms with Crippen LogP contribution in [0, 0.1) is 5.82 Å². The van der Waals surface area contributed by atoms with Gasteiger partial charge in [0.05, 0.1) is 51.0 Å². The number of rotatable bonds is 18. The second-order valence-corrected chi connectivity index (χ2v) is 12.2. The predicted octanol–water partition coefficient (Wildman–Crippen LogP) is 3.90. The monoisotopic (exact) mass is 634 g/mol. The summed E-state index contributed by atoms with van der Waals surface area (Å²) in [4.78, 5) is 24.4. The molecule has 1 heterocycles. The van der Waals surface area contributed by atoms with Crippen LogP contribution in [0.3, 0.4) is 0 Å². The van der Waals surface area contributed by atoms with E-state index in [0.29, 0.717) is 40.0 Å². The summed E-state index contributed by atoms with van der Waals surface area (Å²) in [7, 11) is -2.19. The number of carbonyl (C=O) groups is 2. The molecular formula is C31H39FN2O9S. The summed E-state index contributed by atoms with van der Waals surface area (Å²) in [6, 6.07) is 9.19. The molecule has 1 amide bonds. The van der Waals surface area contributed by atoms with Crippen molar-refractivity contribution in [3.8, 4) is 11.3 Å². The molecule has 1 fully saturated rings. The number of fused-ring (bicyclic) bond motifs is 1. The van der Waals surface area contributed by atoms with E-state index < -0.39 is 27.9 Å². The highest BCUT2D eigenvalue weighted by Gasteiger charge is 2.31. The Balaban J connectivity index is 1.32. The molecule has 0 radical (unpaired) electrons. The van der Waals surface area contributed by atoms with Crippen LogP contribution in [0.15, 0.2) is 40.8 Å². The predicted molar refractivity (Wildman–Crippen MR) is 161 cm³/mol. The molecule has 1 atom stereocenters. The number of esters is 1. The zero-order chi connectivity index (χ0) is 31.7. The normalized spacial score (nSPS) is 14.1. The second-order valence-electron chi connectivity index (χ2n) is 10.4. The molecule has 2 N–H and O–H groups in total. The van der Waals surface area contributed by atoms with Crippen LogP contribution in [0.25, 0.3) is 22.3 Å². The first kappa shape index (κ1) is 33.5. The molecule has 4 rings (SSSR count). The lowest BCUT2D eigenvalue weighted by atomic mass is 9.98. The van der Waals surface area contributed by atoms with Crippen LogP contribution in [0.5, 0.6) is 0 Å². The molecule has 0 saturated heterocycles. The van der Waals surface area contributed by atoms with Crippen LogP contribution < -0.4 is 10.0 Å². The molecule has 13 heteroatoms. The lowest BCUT2D eigenvalue weighted by Gasteiger charge is -2.12. The van der Waals surface area contributed by atoms with Gasteiger partial charge in [0.25, 0.3) is 5.91 Å². The van der Waals surface area contributed by atoms with Gasteiger partial charge in [-0.3, -0.25) is 4.79 Å². The molecule has 1 aromatic heterocycles. The van der Waals surface area contributed by atoms with E-state index in [1.807, 2.05) is 6.07 Å². The van der Waals surface area contributed by atoms with Gasteiger partial charge in [0.2, 0.25) is 10.0 Å². The van der Waals surface area contributed by atoms with Gasteiger partial charge in [-0.2, -0.15) is 0 Å². The number of ether oxygens (including phenoxy) is 4. The molecule has 3 aromatic rings. The molecule has 0 spiro atoms. The van der Waals surface area contributed by atoms with Crippen molar-refractivity contribution in [3.63, 3.8) is 0 Å². The van der Waals surface area contributed by atoms with Crippen LogP contribution in [-0.4, -0.2) is 79.6 Å². The molecule has 0 bridgehead atoms. The van der Waals surface area contributed by atoms with Gasteiger partial charge in [-0.15, -0.1) is 0 Å². The molecule has 1 aliphatic rings. The molecule has 240 valence electrons. The molecule has 2 aromatic carbocycles. The van der Waals surface area contributed by atoms with Crippen molar-refractivity contribution in [2.75, 3.05) is 53.2 Å². The van der Waals surface area contributed by atoms with E-state index in [2.05, 4.69) is 10.0 Å². The Morgan fingerprint density at radius 2 is 1.73 bits per heavy atom. The zero-order valence-electron chi connectivity index (χ0n) is 25.2. The van der Waals surface area contributed by atoms with E-state index in [4.69, 9.17) is 23.4 Å². The summed E-state index contributed by atoms with van der Waals surface area (Å²) >= 11 is 0. The van der Waals surface area contributed by atoms with Crippen molar-refractivity contribution in [1.82, 2.24) is 10.0 Å². The number of hydrogen-bond acceptors (Lipinski definition) is 9. The first-order valence-electron chi connectivity index (χ1n) is 14.6. The highest BCUT2D eigenvalue weighted by Crippen LogP contribution is 2.45. The summed E-state index contributed by atoms with van der Waals surface area (Å²) < 4.78 is 69.3. The van der Waals surface area contributed by atoms with Gasteiger partial charge < -0.3 is 28.7 Å². The van der Waals surface area contributed by atoms with E-state index in [1.165, 1.54) is 31.3 Å². The van der Waals surface area contributed by atoms with Crippen molar-refractivity contribution in [3.05, 3.63) is 58.9 Å². The number of furan rings is 1. The van der Waals surface area contributed by atoms with Crippen molar-refractivity contribution < 1.29 is 45.8 Å². The Morgan fingerprint density at radius 1 is 1.05 bits per heavy atom. The maximum atomic E-state index is 13.6. The van der Waals surface area contributed by atoms with Crippen LogP contribution in [-0.2, 0) is 39.5 Å². The minimum atomic E-state index is -3.72. The van der Waals surface area contributed by atoms with Gasteiger partial charge in [-0.05, 0) is 80.1 Å². The average molecular weight is 635 g/mol. The average Bonchev–Trinajstić information content (AvgIpc) is 3.78. The Labute approximate surface area is 256 Å². The van der Waals surface area contributed by atoms with Crippen molar-refractivity contribution >= 4 is 32.9 Å². The summed E-state index contributed by atoms with van der Waals surface area (Å²) in [5.41, 5.74) is 2.70. The SMILES string of the molecule is CCOC(=O)C(C)OCCOCCOCCNS(=O)(=O)Cc1cc2oc(-c3ccc(F)cc3)c(C(=O)NC)c2cc1C1CC1. The Morgan fingerprint density at radius 3 is 2.39 bits per heavy atom. The van der Waals surface area contributed by atoms with Crippen LogP contribution in [0.1, 0.15) is 54.1 Å². The van der Waals surface area contributed by atoms with Crippen molar-refractivity contribution in [1.29, 1.82) is 0 Å². The van der Waals surface area contributed by atoms with Crippen LogP contribution >= 0.6 is 0 Å². The van der Waals surface area contributed by atoms with Gasteiger partial charge in [0.15, 0.2) is 6.10 Å². The highest BCUT2D eigenvalue weighted by molar-refractivity contribution is 7.88. The zero-order valence-corrected chi connectivity index (χ0v) is 26.0. The van der Waals surface area contributed by atoms with E-state index in [0.717, 1.165) is 18.4 Å². The molecule has 11 nitrogen and oxygen atoms in total. The van der Waals surface area contributed by atoms with Crippen molar-refractivity contribution in [2.24, 2.45) is 0 Å². The van der Waals surface area contributed by atoms with Gasteiger partial charge >= 0.3 is 5.97 Å². The van der Waals surface area contributed by atoms with E-state index in [1.54, 1.807) is 19.9 Å². The lowest BCUT2D eigenvalue weighted by Crippen LogP contribution is -2.29. The standard InChI is InChI=1S/C31H39FN2O9S/c1-4-41-31(36)20(2)42-16-15-40-14-13-39-12-11-34-44(37,38)19-23-17-27-26(18-25(23)21-5-6-21)28(30(35)33-3)29(43-27)22-7-9-24(32)10-8-22/h7-10,17-18,20-21,34H,4-6,11-16,19H2,1-3H3,(H,33,35). The first-order chi connectivity index (χ1) is 21.1. The molecule has 0 aliphatic heterocycles. The number of benzene rings is 2. The van der Waals surface area contributed by atoms with Gasteiger partial charge in [-0.1, -0.05) is 0 Å². The van der Waals surface area contributed by atoms with E-state index in [-0.39, 0.29) is 57.2 Å². The number of sulfonamides is 1. The summed E-state index contributed by atoms with van der Waals surface area (Å²) in [6.45, 7) is 4.93. The Bertz CT molecular complexity index is 1540. The fourth-order valence-corrected chi connectivity index (χ4v) is 5.87. The van der Waals surface area contributed by atoms with Crippen LogP contribution in [0.4, 0.5) is 4.39 Å². The smallest absolute Gasteiger partial charge is 0.334 e. The highest BCUT2D eigenvalue weighted by atomic mass is 32.2. The van der Waals surface area contributed by atoms with Gasteiger partial charge in [0.1, 0.15) is 17.2 Å². The maximum absolute atomic E-state index is 13.6. The second kappa shape index (κ2) is 15.6. The first-order valence-corrected chi connectivity index (χ1v) is 16.3. The quantitative estimate of drug-likeness (QED) is 0.157. The molecular weight excluding hydrogens is 595 g/mol. The maximum Gasteiger partial charge on any atom is 0.334 e. The van der Waals surface area contributed by atoms with Crippen LogP contribution in [0.2, 0.25) is 0 Å². The number of halogens is 1. The third-order valence-electron chi connectivity index (χ3n) is 7.03. The summed E-state index contributed by atoms with van der Waals surface area (Å²) in [5, 5.41) is 3.22. The summed E-state index contributed by atoms with van der Waals surface area (Å²) in [5.74, 6) is -0.953.